The van der Waals surface area contributed by atoms with E-state index in [4.69, 9.17) is 11.2 Å². The highest BCUT2D eigenvalue weighted by Crippen LogP contribution is 2.14. The topological polar surface area (TPSA) is 0 Å². The van der Waals surface area contributed by atoms with Gasteiger partial charge in [0.05, 0.1) is 0 Å². The minimum atomic E-state index is -0.214. The molecule has 0 bridgehead atoms. The Kier molecular flexibility index (Phi) is 2.44. The smallest absolute Gasteiger partial charge is 0.123 e. The van der Waals surface area contributed by atoms with Gasteiger partial charge in [-0.3, -0.25) is 0 Å². The van der Waals surface area contributed by atoms with Crippen molar-refractivity contribution in [1.82, 2.24) is 0 Å². The molecule has 0 amide bonds. The molecule has 1 unspecified atom stereocenters. The summed E-state index contributed by atoms with van der Waals surface area (Å²) in [7, 11) is 0.232. The number of hydrogen-bond donors (Lipinski definition) is 0. The van der Waals surface area contributed by atoms with E-state index in [1.54, 1.807) is 12.1 Å². The quantitative estimate of drug-likeness (QED) is 0.556. The molecule has 0 heterocycles. The highest BCUT2D eigenvalue weighted by Gasteiger charge is 1.88. The van der Waals surface area contributed by atoms with Gasteiger partial charge in [0.25, 0.3) is 0 Å². The molecular weight excluding hydrogens is 157 g/mol. The van der Waals surface area contributed by atoms with Gasteiger partial charge in [0, 0.05) is 7.93 Å². The van der Waals surface area contributed by atoms with Crippen LogP contribution in [0.2, 0.25) is 0 Å². The molecule has 9 heavy (non-hydrogen) atoms. The Hall–Kier alpha value is -0.130. The van der Waals surface area contributed by atoms with E-state index in [1.807, 2.05) is 0 Å². The first-order valence-corrected chi connectivity index (χ1v) is 4.46. The normalized spacial score (nSPS) is 10.9. The minimum absolute atomic E-state index is 0.214. The van der Waals surface area contributed by atoms with Gasteiger partial charge in [0.15, 0.2) is 0 Å². The Labute approximate surface area is 59.6 Å². The Balaban J connectivity index is 2.88. The third-order valence-corrected chi connectivity index (χ3v) is 2.16. The number of hydrogen-bond acceptors (Lipinski definition) is 0. The fraction of sp³-hybridized carbons (Fsp3) is 0. The molecule has 0 radical (unpaired) electrons. The zero-order chi connectivity index (χ0) is 6.69. The third-order valence-electron chi connectivity index (χ3n) is 0.953. The summed E-state index contributed by atoms with van der Waals surface area (Å²) in [6.45, 7) is 0. The van der Waals surface area contributed by atoms with Crippen LogP contribution in [0.5, 0.6) is 0 Å². The summed E-state index contributed by atoms with van der Waals surface area (Å²) in [6.07, 6.45) is 0. The van der Waals surface area contributed by atoms with E-state index in [1.165, 1.54) is 12.1 Å². The Bertz CT molecular complexity index is 185. The monoisotopic (exact) mass is 162 g/mol. The molecule has 0 fully saturated rings. The van der Waals surface area contributed by atoms with Crippen molar-refractivity contribution in [1.29, 1.82) is 0 Å². The molecular formula is C6H5ClFP. The molecule has 1 aromatic carbocycles. The lowest BCUT2D eigenvalue weighted by atomic mass is 10.4. The maximum Gasteiger partial charge on any atom is 0.123 e. The molecule has 0 spiro atoms. The van der Waals surface area contributed by atoms with Crippen molar-refractivity contribution < 1.29 is 4.39 Å². The predicted octanol–water partition coefficient (Wildman–Crippen LogP) is 2.28. The van der Waals surface area contributed by atoms with Gasteiger partial charge in [0.2, 0.25) is 0 Å². The van der Waals surface area contributed by atoms with Crippen LogP contribution in [-0.2, 0) is 0 Å². The van der Waals surface area contributed by atoms with Crippen LogP contribution in [0.15, 0.2) is 24.3 Å². The lowest BCUT2D eigenvalue weighted by molar-refractivity contribution is 0.628. The first kappa shape index (κ1) is 6.98. The second-order valence-corrected chi connectivity index (χ2v) is 2.93. The van der Waals surface area contributed by atoms with Gasteiger partial charge in [-0.1, -0.05) is 23.4 Å². The Morgan fingerprint density at radius 3 is 2.22 bits per heavy atom. The molecule has 0 aliphatic heterocycles. The molecule has 0 saturated heterocycles. The number of rotatable bonds is 1. The maximum absolute atomic E-state index is 12.2. The zero-order valence-corrected chi connectivity index (χ0v) is 6.32. The second kappa shape index (κ2) is 3.14. The van der Waals surface area contributed by atoms with Crippen molar-refractivity contribution in [3.8, 4) is 0 Å². The summed E-state index contributed by atoms with van der Waals surface area (Å²) in [5.74, 6) is -0.214. The van der Waals surface area contributed by atoms with Gasteiger partial charge in [-0.25, -0.2) is 4.39 Å². The maximum atomic E-state index is 12.2. The summed E-state index contributed by atoms with van der Waals surface area (Å²) >= 11 is 5.48. The van der Waals surface area contributed by atoms with E-state index in [0.717, 1.165) is 5.30 Å². The van der Waals surface area contributed by atoms with E-state index >= 15 is 0 Å². The first-order valence-electron chi connectivity index (χ1n) is 2.45. The lowest BCUT2D eigenvalue weighted by Crippen LogP contribution is -1.89. The predicted molar refractivity (Wildman–Crippen MR) is 40.2 cm³/mol. The number of halogens is 2. The number of benzene rings is 1. The van der Waals surface area contributed by atoms with Crippen LogP contribution in [0, 0.1) is 5.82 Å². The molecule has 1 aromatic rings. The molecule has 0 nitrogen and oxygen atoms in total. The molecule has 0 saturated carbocycles. The molecule has 0 aromatic heterocycles. The minimum Gasteiger partial charge on any atom is -0.207 e. The Morgan fingerprint density at radius 1 is 1.22 bits per heavy atom. The molecule has 1 rings (SSSR count). The molecule has 0 aliphatic carbocycles. The first-order chi connectivity index (χ1) is 4.33. The van der Waals surface area contributed by atoms with E-state index < -0.39 is 0 Å². The van der Waals surface area contributed by atoms with Crippen molar-refractivity contribution in [3.63, 3.8) is 0 Å². The van der Waals surface area contributed by atoms with Crippen LogP contribution < -0.4 is 5.30 Å². The van der Waals surface area contributed by atoms with Crippen molar-refractivity contribution in [3.05, 3.63) is 30.1 Å². The van der Waals surface area contributed by atoms with Crippen LogP contribution in [0.3, 0.4) is 0 Å². The standard InChI is InChI=1S/C6H5ClFP/c7-9-6-3-1-5(8)2-4-6/h1-4,9H. The van der Waals surface area contributed by atoms with Crippen molar-refractivity contribution >= 4 is 24.5 Å². The fourth-order valence-electron chi connectivity index (χ4n) is 0.513. The van der Waals surface area contributed by atoms with E-state index in [-0.39, 0.29) is 13.8 Å². The van der Waals surface area contributed by atoms with Crippen molar-refractivity contribution in [2.45, 2.75) is 0 Å². The van der Waals surface area contributed by atoms with Gasteiger partial charge in [-0.2, -0.15) is 0 Å². The average molecular weight is 163 g/mol. The summed E-state index contributed by atoms with van der Waals surface area (Å²) in [4.78, 5) is 0. The largest absolute Gasteiger partial charge is 0.207 e. The van der Waals surface area contributed by atoms with Gasteiger partial charge in [-0.15, -0.1) is 0 Å². The summed E-state index contributed by atoms with van der Waals surface area (Å²) < 4.78 is 12.2. The highest BCUT2D eigenvalue weighted by atomic mass is 35.7. The molecule has 1 atom stereocenters. The fourth-order valence-corrected chi connectivity index (χ4v) is 1.18. The van der Waals surface area contributed by atoms with Crippen LogP contribution in [-0.4, -0.2) is 0 Å². The van der Waals surface area contributed by atoms with Crippen LogP contribution in [0.1, 0.15) is 0 Å². The molecule has 0 N–H and O–H groups in total. The van der Waals surface area contributed by atoms with Crippen LogP contribution >= 0.6 is 19.2 Å². The van der Waals surface area contributed by atoms with Crippen LogP contribution in [0.4, 0.5) is 4.39 Å². The summed E-state index contributed by atoms with van der Waals surface area (Å²) in [5, 5.41) is 0.970. The average Bonchev–Trinajstić information content (AvgIpc) is 1.90. The van der Waals surface area contributed by atoms with Gasteiger partial charge in [-0.05, 0) is 17.4 Å². The van der Waals surface area contributed by atoms with E-state index in [9.17, 15) is 4.39 Å². The lowest BCUT2D eigenvalue weighted by Gasteiger charge is -1.90. The molecule has 0 aliphatic rings. The van der Waals surface area contributed by atoms with Gasteiger partial charge < -0.3 is 0 Å². The third kappa shape index (κ3) is 1.92. The SMILES string of the molecule is Fc1ccc(PCl)cc1. The van der Waals surface area contributed by atoms with Crippen molar-refractivity contribution in [2.24, 2.45) is 0 Å². The van der Waals surface area contributed by atoms with E-state index in [2.05, 4.69) is 0 Å². The van der Waals surface area contributed by atoms with Crippen LogP contribution in [0.25, 0.3) is 0 Å². The molecule has 48 valence electrons. The van der Waals surface area contributed by atoms with Gasteiger partial charge in [0.1, 0.15) is 5.82 Å². The van der Waals surface area contributed by atoms with E-state index in [0.29, 0.717) is 0 Å². The zero-order valence-electron chi connectivity index (χ0n) is 4.57. The van der Waals surface area contributed by atoms with Gasteiger partial charge >= 0.3 is 0 Å². The summed E-state index contributed by atoms with van der Waals surface area (Å²) in [6, 6.07) is 6.18. The summed E-state index contributed by atoms with van der Waals surface area (Å²) in [5.41, 5.74) is 0. The highest BCUT2D eigenvalue weighted by molar-refractivity contribution is 7.74. The van der Waals surface area contributed by atoms with Crippen molar-refractivity contribution in [2.75, 3.05) is 0 Å². The molecule has 3 heteroatoms. The second-order valence-electron chi connectivity index (χ2n) is 1.60. The Morgan fingerprint density at radius 2 is 1.78 bits per heavy atom.